The highest BCUT2D eigenvalue weighted by molar-refractivity contribution is 5.87. The minimum absolute atomic E-state index is 0.134. The molecule has 0 radical (unpaired) electrons. The van der Waals surface area contributed by atoms with Gasteiger partial charge in [0.15, 0.2) is 0 Å². The van der Waals surface area contributed by atoms with Crippen LogP contribution in [0, 0.1) is 0 Å². The van der Waals surface area contributed by atoms with Crippen molar-refractivity contribution in [3.05, 3.63) is 50.6 Å². The van der Waals surface area contributed by atoms with E-state index in [0.717, 1.165) is 0 Å². The number of carbonyl (C=O) groups is 2. The molecule has 0 bridgehead atoms. The average Bonchev–Trinajstić information content (AvgIpc) is 2.43. The summed E-state index contributed by atoms with van der Waals surface area (Å²) in [6.45, 7) is 16.2. The van der Waals surface area contributed by atoms with E-state index in [1.54, 1.807) is 22.0 Å². The van der Waals surface area contributed by atoms with Crippen molar-refractivity contribution in [2.45, 2.75) is 6.42 Å². The van der Waals surface area contributed by atoms with Crippen molar-refractivity contribution in [3.63, 3.8) is 0 Å². The lowest BCUT2D eigenvalue weighted by molar-refractivity contribution is -0.126. The summed E-state index contributed by atoms with van der Waals surface area (Å²) in [6, 6.07) is 0. The molecular weight excluding hydrogens is 240 g/mol. The molecule has 0 rings (SSSR count). The van der Waals surface area contributed by atoms with Crippen LogP contribution in [-0.2, 0) is 9.59 Å². The first-order valence-electron chi connectivity index (χ1n) is 6.15. The van der Waals surface area contributed by atoms with Gasteiger partial charge in [0.05, 0.1) is 0 Å². The summed E-state index contributed by atoms with van der Waals surface area (Å²) < 4.78 is 0. The third kappa shape index (κ3) is 6.41. The molecule has 0 aliphatic rings. The zero-order valence-electron chi connectivity index (χ0n) is 11.4. The van der Waals surface area contributed by atoms with Crippen molar-refractivity contribution in [1.29, 1.82) is 0 Å². The van der Waals surface area contributed by atoms with E-state index in [1.807, 2.05) is 0 Å². The first-order valence-corrected chi connectivity index (χ1v) is 6.15. The largest absolute Gasteiger partial charge is 0.335 e. The summed E-state index contributed by atoms with van der Waals surface area (Å²) in [4.78, 5) is 26.3. The molecule has 4 heteroatoms. The minimum atomic E-state index is -0.134. The van der Waals surface area contributed by atoms with Crippen molar-refractivity contribution >= 4 is 11.8 Å². The van der Waals surface area contributed by atoms with Crippen LogP contribution < -0.4 is 0 Å². The molecular formula is C15H22N2O2. The molecule has 0 aliphatic heterocycles. The lowest BCUT2D eigenvalue weighted by Gasteiger charge is -2.23. The van der Waals surface area contributed by atoms with E-state index in [0.29, 0.717) is 32.6 Å². The molecule has 0 fully saturated rings. The lowest BCUT2D eigenvalue weighted by atomic mass is 10.3. The number of rotatable bonds is 10. The Bertz CT molecular complexity index is 327. The second kappa shape index (κ2) is 9.88. The predicted molar refractivity (Wildman–Crippen MR) is 78.6 cm³/mol. The number of hydrogen-bond donors (Lipinski definition) is 0. The number of hydrogen-bond acceptors (Lipinski definition) is 2. The zero-order valence-corrected chi connectivity index (χ0v) is 11.4. The molecule has 2 amide bonds. The zero-order chi connectivity index (χ0) is 14.7. The molecule has 0 N–H and O–H groups in total. The summed E-state index contributed by atoms with van der Waals surface area (Å²) in [5.41, 5.74) is 0. The van der Waals surface area contributed by atoms with Crippen LogP contribution in [0.25, 0.3) is 0 Å². The molecule has 0 spiro atoms. The molecule has 0 heterocycles. The fourth-order valence-corrected chi connectivity index (χ4v) is 1.61. The van der Waals surface area contributed by atoms with Crippen molar-refractivity contribution < 1.29 is 9.59 Å². The third-order valence-electron chi connectivity index (χ3n) is 2.53. The number of nitrogens with zero attached hydrogens (tertiary/aromatic N) is 2. The summed E-state index contributed by atoms with van der Waals surface area (Å²) in [7, 11) is 0. The van der Waals surface area contributed by atoms with Crippen LogP contribution in [0.5, 0.6) is 0 Å². The van der Waals surface area contributed by atoms with Gasteiger partial charge in [0, 0.05) is 26.2 Å². The van der Waals surface area contributed by atoms with Crippen molar-refractivity contribution in [2.24, 2.45) is 0 Å². The lowest BCUT2D eigenvalue weighted by Crippen LogP contribution is -2.35. The highest BCUT2D eigenvalue weighted by Gasteiger charge is 2.11. The monoisotopic (exact) mass is 262 g/mol. The highest BCUT2D eigenvalue weighted by Crippen LogP contribution is 1.99. The van der Waals surface area contributed by atoms with Crippen LogP contribution >= 0.6 is 0 Å². The van der Waals surface area contributed by atoms with Gasteiger partial charge in [-0.2, -0.15) is 0 Å². The van der Waals surface area contributed by atoms with E-state index < -0.39 is 0 Å². The second-order valence-corrected chi connectivity index (χ2v) is 3.91. The summed E-state index contributed by atoms with van der Waals surface area (Å²) in [6.07, 6.45) is 6.57. The molecule has 0 aromatic carbocycles. The molecule has 0 aromatic heterocycles. The number of amides is 2. The van der Waals surface area contributed by atoms with E-state index in [9.17, 15) is 9.59 Å². The molecule has 0 aromatic rings. The molecule has 0 saturated carbocycles. The standard InChI is InChI=1S/C15H22N2O2/c1-5-10-16(14(18)7-3)12-9-13-17(11-6-2)15(19)8-4/h5-8H,1-4,9-13H2. The van der Waals surface area contributed by atoms with Crippen LogP contribution in [0.4, 0.5) is 0 Å². The molecule has 4 nitrogen and oxygen atoms in total. The van der Waals surface area contributed by atoms with Crippen molar-refractivity contribution in [1.82, 2.24) is 9.80 Å². The maximum absolute atomic E-state index is 11.5. The van der Waals surface area contributed by atoms with E-state index in [1.165, 1.54) is 12.2 Å². The normalized spacial score (nSPS) is 9.26. The van der Waals surface area contributed by atoms with Crippen LogP contribution in [0.2, 0.25) is 0 Å². The van der Waals surface area contributed by atoms with Gasteiger partial charge in [0.1, 0.15) is 0 Å². The minimum Gasteiger partial charge on any atom is -0.335 e. The van der Waals surface area contributed by atoms with E-state index >= 15 is 0 Å². The Balaban J connectivity index is 4.34. The number of carbonyl (C=O) groups excluding carboxylic acids is 2. The van der Waals surface area contributed by atoms with E-state index in [-0.39, 0.29) is 11.8 Å². The Morgan fingerprint density at radius 2 is 1.16 bits per heavy atom. The van der Waals surface area contributed by atoms with Gasteiger partial charge in [-0.15, -0.1) is 13.2 Å². The second-order valence-electron chi connectivity index (χ2n) is 3.91. The average molecular weight is 262 g/mol. The maximum atomic E-state index is 11.5. The molecule has 19 heavy (non-hydrogen) atoms. The van der Waals surface area contributed by atoms with Gasteiger partial charge in [-0.3, -0.25) is 9.59 Å². The molecule has 0 saturated heterocycles. The Hall–Kier alpha value is -2.10. The summed E-state index contributed by atoms with van der Waals surface area (Å²) in [5.74, 6) is -0.268. The van der Waals surface area contributed by atoms with Crippen LogP contribution in [0.3, 0.4) is 0 Å². The molecule has 0 aliphatic carbocycles. The first-order chi connectivity index (χ1) is 9.10. The summed E-state index contributed by atoms with van der Waals surface area (Å²) in [5, 5.41) is 0. The Labute approximate surface area is 115 Å². The summed E-state index contributed by atoms with van der Waals surface area (Å²) >= 11 is 0. The fraction of sp³-hybridized carbons (Fsp3) is 0.333. The van der Waals surface area contributed by atoms with Crippen molar-refractivity contribution in [2.75, 3.05) is 26.2 Å². The molecule has 0 unspecified atom stereocenters. The van der Waals surface area contributed by atoms with Gasteiger partial charge in [-0.05, 0) is 18.6 Å². The Morgan fingerprint density at radius 3 is 1.42 bits per heavy atom. The van der Waals surface area contributed by atoms with Crippen molar-refractivity contribution in [3.8, 4) is 0 Å². The van der Waals surface area contributed by atoms with Gasteiger partial charge < -0.3 is 9.80 Å². The van der Waals surface area contributed by atoms with E-state index in [2.05, 4.69) is 26.3 Å². The third-order valence-corrected chi connectivity index (χ3v) is 2.53. The Kier molecular flexibility index (Phi) is 8.79. The van der Waals surface area contributed by atoms with Gasteiger partial charge >= 0.3 is 0 Å². The fourth-order valence-electron chi connectivity index (χ4n) is 1.61. The smallest absolute Gasteiger partial charge is 0.246 e. The van der Waals surface area contributed by atoms with Gasteiger partial charge in [-0.1, -0.05) is 25.3 Å². The van der Waals surface area contributed by atoms with Crippen LogP contribution in [0.15, 0.2) is 50.6 Å². The van der Waals surface area contributed by atoms with Gasteiger partial charge in [0.2, 0.25) is 11.8 Å². The topological polar surface area (TPSA) is 40.6 Å². The quantitative estimate of drug-likeness (QED) is 0.445. The maximum Gasteiger partial charge on any atom is 0.246 e. The molecule has 104 valence electrons. The first kappa shape index (κ1) is 16.9. The van der Waals surface area contributed by atoms with Gasteiger partial charge in [0.25, 0.3) is 0 Å². The van der Waals surface area contributed by atoms with E-state index in [4.69, 9.17) is 0 Å². The SMILES string of the molecule is C=CCN(CCCN(CC=C)C(=O)C=C)C(=O)C=C. The van der Waals surface area contributed by atoms with Gasteiger partial charge in [-0.25, -0.2) is 0 Å². The predicted octanol–water partition coefficient (Wildman–Crippen LogP) is 1.78. The molecule has 0 atom stereocenters. The Morgan fingerprint density at radius 1 is 0.789 bits per heavy atom. The van der Waals surface area contributed by atoms with Crippen LogP contribution in [-0.4, -0.2) is 47.8 Å². The van der Waals surface area contributed by atoms with Crippen LogP contribution in [0.1, 0.15) is 6.42 Å². The highest BCUT2D eigenvalue weighted by atomic mass is 16.2.